The van der Waals surface area contributed by atoms with E-state index in [2.05, 4.69) is 40.2 Å². The van der Waals surface area contributed by atoms with Crippen molar-refractivity contribution in [3.8, 4) is 5.75 Å². The summed E-state index contributed by atoms with van der Waals surface area (Å²) in [5, 5.41) is 17.0. The number of para-hydroxylation sites is 1. The van der Waals surface area contributed by atoms with Gasteiger partial charge in [0.05, 0.1) is 23.5 Å². The summed E-state index contributed by atoms with van der Waals surface area (Å²) in [5.41, 5.74) is 0.00681. The maximum atomic E-state index is 12.5. The summed E-state index contributed by atoms with van der Waals surface area (Å²) in [6.45, 7) is 8.13. The quantitative estimate of drug-likeness (QED) is 0.441. The second-order valence-electron chi connectivity index (χ2n) is 8.42. The minimum absolute atomic E-state index is 0.195. The zero-order chi connectivity index (χ0) is 23.0. The Kier molecular flexibility index (Phi) is 6.30. The molecule has 9 nitrogen and oxygen atoms in total. The maximum Gasteiger partial charge on any atom is 0.246 e. The molecule has 0 saturated carbocycles. The Labute approximate surface area is 186 Å². The van der Waals surface area contributed by atoms with Crippen LogP contribution in [-0.2, 0) is 10.0 Å². The molecule has 0 aliphatic rings. The molecule has 168 valence electrons. The topological polar surface area (TPSA) is 121 Å². The maximum absolute atomic E-state index is 12.5. The number of aryl methyl sites for hydroxylation is 1. The van der Waals surface area contributed by atoms with Crippen molar-refractivity contribution in [2.75, 3.05) is 24.7 Å². The standard InChI is InChI=1S/C20H27N5O4S2/c1-12-10-11-14(29-12)17(20(2,3)4)22-19-18(23-30-24-19)21-13-8-7-9-15(16(13)26)31(27,28)25(5)6/h7-11,17,26H,1-6H3,(H,21,23)(H,22,24)/t17-/m0/s1. The van der Waals surface area contributed by atoms with Gasteiger partial charge in [-0.3, -0.25) is 0 Å². The molecule has 0 aliphatic heterocycles. The average Bonchev–Trinajstić information content (AvgIpc) is 3.28. The van der Waals surface area contributed by atoms with Gasteiger partial charge in [0.1, 0.15) is 16.4 Å². The van der Waals surface area contributed by atoms with Gasteiger partial charge in [0, 0.05) is 14.1 Å². The fourth-order valence-electron chi connectivity index (χ4n) is 2.98. The second-order valence-corrected chi connectivity index (χ2v) is 11.1. The molecule has 11 heteroatoms. The van der Waals surface area contributed by atoms with E-state index in [4.69, 9.17) is 4.42 Å². The zero-order valence-corrected chi connectivity index (χ0v) is 19.9. The van der Waals surface area contributed by atoms with Gasteiger partial charge in [-0.1, -0.05) is 26.8 Å². The molecule has 31 heavy (non-hydrogen) atoms. The van der Waals surface area contributed by atoms with Crippen LogP contribution in [0.2, 0.25) is 0 Å². The van der Waals surface area contributed by atoms with Crippen molar-refractivity contribution in [2.24, 2.45) is 5.41 Å². The third-order valence-corrected chi connectivity index (χ3v) is 7.07. The van der Waals surface area contributed by atoms with Gasteiger partial charge >= 0.3 is 0 Å². The number of benzene rings is 1. The number of hydrogen-bond donors (Lipinski definition) is 3. The first-order valence-corrected chi connectivity index (χ1v) is 11.7. The van der Waals surface area contributed by atoms with Gasteiger partial charge in [-0.15, -0.1) is 0 Å². The molecule has 2 aromatic heterocycles. The van der Waals surface area contributed by atoms with Crippen LogP contribution in [0.1, 0.15) is 38.3 Å². The lowest BCUT2D eigenvalue weighted by atomic mass is 9.85. The van der Waals surface area contributed by atoms with E-state index in [9.17, 15) is 13.5 Å². The highest BCUT2D eigenvalue weighted by Gasteiger charge is 2.31. The summed E-state index contributed by atoms with van der Waals surface area (Å²) in [5.74, 6) is 2.04. The largest absolute Gasteiger partial charge is 0.504 e. The van der Waals surface area contributed by atoms with Crippen LogP contribution in [0.25, 0.3) is 0 Å². The van der Waals surface area contributed by atoms with E-state index in [0.29, 0.717) is 11.6 Å². The number of rotatable bonds is 7. The predicted molar refractivity (Wildman–Crippen MR) is 121 cm³/mol. The predicted octanol–water partition coefficient (Wildman–Crippen LogP) is 4.34. The van der Waals surface area contributed by atoms with Gasteiger partial charge in [0.15, 0.2) is 17.4 Å². The monoisotopic (exact) mass is 465 g/mol. The molecule has 1 atom stereocenters. The molecule has 0 fully saturated rings. The number of phenols is 1. The van der Waals surface area contributed by atoms with Crippen LogP contribution in [0, 0.1) is 12.3 Å². The first-order chi connectivity index (χ1) is 14.4. The minimum Gasteiger partial charge on any atom is -0.504 e. The Morgan fingerprint density at radius 1 is 1.13 bits per heavy atom. The molecule has 3 rings (SSSR count). The lowest BCUT2D eigenvalue weighted by Gasteiger charge is -2.30. The van der Waals surface area contributed by atoms with Gasteiger partial charge in [0.25, 0.3) is 0 Å². The molecule has 0 unspecified atom stereocenters. The van der Waals surface area contributed by atoms with Crippen molar-refractivity contribution in [1.82, 2.24) is 13.1 Å². The fraction of sp³-hybridized carbons (Fsp3) is 0.400. The minimum atomic E-state index is -3.81. The molecule has 3 N–H and O–H groups in total. The second kappa shape index (κ2) is 8.48. The Hall–Kier alpha value is -2.63. The van der Waals surface area contributed by atoms with E-state index in [1.54, 1.807) is 12.1 Å². The molecule has 2 heterocycles. The summed E-state index contributed by atoms with van der Waals surface area (Å²) in [7, 11) is -0.995. The highest BCUT2D eigenvalue weighted by Crippen LogP contribution is 2.39. The number of furan rings is 1. The van der Waals surface area contributed by atoms with E-state index < -0.39 is 10.0 Å². The molecule has 1 aromatic carbocycles. The van der Waals surface area contributed by atoms with Crippen LogP contribution in [0.3, 0.4) is 0 Å². The molecule has 3 aromatic rings. The number of aromatic nitrogens is 2. The van der Waals surface area contributed by atoms with E-state index >= 15 is 0 Å². The SMILES string of the molecule is Cc1ccc([C@H](Nc2nsnc2Nc2cccc(S(=O)(=O)N(C)C)c2O)C(C)(C)C)o1. The van der Waals surface area contributed by atoms with Crippen LogP contribution in [-0.4, -0.2) is 40.7 Å². The highest BCUT2D eigenvalue weighted by atomic mass is 32.2. The summed E-state index contributed by atoms with van der Waals surface area (Å²) in [6.07, 6.45) is 0. The van der Waals surface area contributed by atoms with Crippen LogP contribution < -0.4 is 10.6 Å². The summed E-state index contributed by atoms with van der Waals surface area (Å²) in [6, 6.07) is 8.11. The lowest BCUT2D eigenvalue weighted by Crippen LogP contribution is -2.25. The Bertz CT molecular complexity index is 1160. The van der Waals surface area contributed by atoms with E-state index in [-0.39, 0.29) is 27.8 Å². The Balaban J connectivity index is 1.93. The molecule has 0 spiro atoms. The van der Waals surface area contributed by atoms with Crippen molar-refractivity contribution >= 4 is 39.1 Å². The van der Waals surface area contributed by atoms with Crippen molar-refractivity contribution in [1.29, 1.82) is 0 Å². The summed E-state index contributed by atoms with van der Waals surface area (Å²) >= 11 is 0.995. The Morgan fingerprint density at radius 2 is 1.81 bits per heavy atom. The van der Waals surface area contributed by atoms with Crippen molar-refractivity contribution in [3.05, 3.63) is 41.9 Å². The summed E-state index contributed by atoms with van der Waals surface area (Å²) < 4.78 is 40.4. The number of aromatic hydroxyl groups is 1. The number of anilines is 3. The van der Waals surface area contributed by atoms with Gasteiger partial charge in [-0.05, 0) is 36.6 Å². The van der Waals surface area contributed by atoms with E-state index in [1.807, 2.05) is 19.1 Å². The highest BCUT2D eigenvalue weighted by molar-refractivity contribution is 7.89. The molecular weight excluding hydrogens is 438 g/mol. The van der Waals surface area contributed by atoms with Gasteiger partial charge < -0.3 is 20.2 Å². The smallest absolute Gasteiger partial charge is 0.246 e. The number of nitrogens with zero attached hydrogens (tertiary/aromatic N) is 3. The van der Waals surface area contributed by atoms with Crippen molar-refractivity contribution < 1.29 is 17.9 Å². The van der Waals surface area contributed by atoms with E-state index in [0.717, 1.165) is 27.6 Å². The van der Waals surface area contributed by atoms with Crippen LogP contribution >= 0.6 is 11.7 Å². The van der Waals surface area contributed by atoms with Crippen molar-refractivity contribution in [3.63, 3.8) is 0 Å². The van der Waals surface area contributed by atoms with E-state index in [1.165, 1.54) is 20.2 Å². The number of hydrogen-bond acceptors (Lipinski definition) is 9. The third-order valence-electron chi connectivity index (χ3n) is 4.69. The molecule has 0 amide bonds. The van der Waals surface area contributed by atoms with Gasteiger partial charge in [-0.2, -0.15) is 8.75 Å². The molecule has 0 bridgehead atoms. The van der Waals surface area contributed by atoms with Crippen LogP contribution in [0.4, 0.5) is 17.3 Å². The van der Waals surface area contributed by atoms with Gasteiger partial charge in [0.2, 0.25) is 10.0 Å². The average molecular weight is 466 g/mol. The third kappa shape index (κ3) is 4.83. The van der Waals surface area contributed by atoms with Crippen LogP contribution in [0.5, 0.6) is 5.75 Å². The van der Waals surface area contributed by atoms with Gasteiger partial charge in [-0.25, -0.2) is 12.7 Å². The summed E-state index contributed by atoms with van der Waals surface area (Å²) in [4.78, 5) is -0.196. The molecule has 0 aliphatic carbocycles. The molecule has 0 saturated heterocycles. The lowest BCUT2D eigenvalue weighted by molar-refractivity contribution is 0.300. The normalized spacial score (nSPS) is 13.4. The molecule has 0 radical (unpaired) electrons. The van der Waals surface area contributed by atoms with Crippen molar-refractivity contribution in [2.45, 2.75) is 38.6 Å². The first-order valence-electron chi connectivity index (χ1n) is 9.58. The number of phenolic OH excluding ortho intramolecular Hbond substituents is 1. The zero-order valence-electron chi connectivity index (χ0n) is 18.3. The fourth-order valence-corrected chi connectivity index (χ4v) is 4.45. The Morgan fingerprint density at radius 3 is 2.39 bits per heavy atom. The molecular formula is C20H27N5O4S2. The van der Waals surface area contributed by atoms with Crippen LogP contribution in [0.15, 0.2) is 39.6 Å². The number of nitrogens with one attached hydrogen (secondary N) is 2. The number of sulfonamides is 1. The first kappa shape index (κ1) is 23.0.